The van der Waals surface area contributed by atoms with Gasteiger partial charge in [-0.3, -0.25) is 4.79 Å². The Kier molecular flexibility index (Phi) is 33.6. The van der Waals surface area contributed by atoms with Gasteiger partial charge in [0.15, 0.2) is 0 Å². The fraction of sp³-hybridized carbons (Fsp3) is 0.675. The zero-order valence-corrected chi connectivity index (χ0v) is 28.6. The topological polar surface area (TPSA) is 69.6 Å². The van der Waals surface area contributed by atoms with Gasteiger partial charge in [0.2, 0.25) is 5.91 Å². The molecule has 0 saturated heterocycles. The summed E-state index contributed by atoms with van der Waals surface area (Å²) in [4.78, 5) is 12.3. The van der Waals surface area contributed by atoms with Crippen LogP contribution in [0.3, 0.4) is 0 Å². The summed E-state index contributed by atoms with van der Waals surface area (Å²) in [6.07, 6.45) is 49.8. The van der Waals surface area contributed by atoms with E-state index in [0.717, 1.165) is 70.6 Å². The van der Waals surface area contributed by atoms with Crippen LogP contribution in [0.2, 0.25) is 0 Å². The Morgan fingerprint density at radius 2 is 1.02 bits per heavy atom. The summed E-state index contributed by atoms with van der Waals surface area (Å²) in [6.45, 7) is 4.14. The maximum atomic E-state index is 12.3. The number of hydrogen-bond acceptors (Lipinski definition) is 3. The predicted molar refractivity (Wildman–Crippen MR) is 193 cm³/mol. The van der Waals surface area contributed by atoms with Crippen molar-refractivity contribution < 1.29 is 15.0 Å². The van der Waals surface area contributed by atoms with Gasteiger partial charge < -0.3 is 15.5 Å². The molecule has 0 aromatic carbocycles. The molecule has 4 heteroatoms. The number of allylic oxidation sites excluding steroid dienone is 11. The second kappa shape index (κ2) is 35.3. The van der Waals surface area contributed by atoms with Crippen molar-refractivity contribution in [2.45, 2.75) is 167 Å². The summed E-state index contributed by atoms with van der Waals surface area (Å²) >= 11 is 0. The molecule has 44 heavy (non-hydrogen) atoms. The van der Waals surface area contributed by atoms with Gasteiger partial charge in [0.05, 0.1) is 18.8 Å². The second-order valence-electron chi connectivity index (χ2n) is 11.9. The van der Waals surface area contributed by atoms with Crippen LogP contribution in [-0.4, -0.2) is 34.9 Å². The van der Waals surface area contributed by atoms with E-state index in [0.29, 0.717) is 6.42 Å². The van der Waals surface area contributed by atoms with Crippen LogP contribution in [0.5, 0.6) is 0 Å². The third-order valence-corrected chi connectivity index (χ3v) is 7.65. The first-order valence-corrected chi connectivity index (χ1v) is 18.2. The van der Waals surface area contributed by atoms with E-state index in [9.17, 15) is 15.0 Å². The van der Waals surface area contributed by atoms with Crippen LogP contribution in [-0.2, 0) is 4.79 Å². The number of rotatable bonds is 31. The highest BCUT2D eigenvalue weighted by atomic mass is 16.3. The molecule has 1 amide bonds. The lowest BCUT2D eigenvalue weighted by Crippen LogP contribution is -2.45. The van der Waals surface area contributed by atoms with Gasteiger partial charge in [0.25, 0.3) is 0 Å². The first kappa shape index (κ1) is 41.8. The van der Waals surface area contributed by atoms with Gasteiger partial charge >= 0.3 is 0 Å². The molecular formula is C40H69NO3. The van der Waals surface area contributed by atoms with E-state index in [-0.39, 0.29) is 12.5 Å². The molecule has 252 valence electrons. The molecule has 0 aliphatic carbocycles. The van der Waals surface area contributed by atoms with Gasteiger partial charge in [-0.25, -0.2) is 0 Å². The average Bonchev–Trinajstić information content (AvgIpc) is 3.03. The molecule has 0 bridgehead atoms. The minimum absolute atomic E-state index is 0.0999. The van der Waals surface area contributed by atoms with Crippen LogP contribution < -0.4 is 5.32 Å². The molecule has 0 radical (unpaired) electrons. The lowest BCUT2D eigenvalue weighted by atomic mass is 10.1. The number of amides is 1. The van der Waals surface area contributed by atoms with Crippen molar-refractivity contribution in [3.8, 4) is 0 Å². The molecule has 0 aliphatic rings. The molecule has 3 N–H and O–H groups in total. The third kappa shape index (κ3) is 31.3. The molecular weight excluding hydrogens is 542 g/mol. The fourth-order valence-electron chi connectivity index (χ4n) is 4.87. The van der Waals surface area contributed by atoms with Crippen LogP contribution in [0.1, 0.15) is 155 Å². The van der Waals surface area contributed by atoms with Gasteiger partial charge in [-0.15, -0.1) is 0 Å². The molecule has 0 spiro atoms. The molecule has 4 nitrogen and oxygen atoms in total. The Morgan fingerprint density at radius 1 is 0.568 bits per heavy atom. The maximum Gasteiger partial charge on any atom is 0.220 e. The number of hydrogen-bond donors (Lipinski definition) is 3. The maximum absolute atomic E-state index is 12.3. The summed E-state index contributed by atoms with van der Waals surface area (Å²) < 4.78 is 0. The van der Waals surface area contributed by atoms with E-state index in [2.05, 4.69) is 79.9 Å². The fourth-order valence-corrected chi connectivity index (χ4v) is 4.87. The van der Waals surface area contributed by atoms with Gasteiger partial charge in [0, 0.05) is 6.42 Å². The van der Waals surface area contributed by atoms with Crippen molar-refractivity contribution >= 4 is 5.91 Å². The lowest BCUT2D eigenvalue weighted by Gasteiger charge is -2.19. The van der Waals surface area contributed by atoms with Gasteiger partial charge in [-0.05, 0) is 77.0 Å². The largest absolute Gasteiger partial charge is 0.394 e. The number of unbranched alkanes of at least 4 members (excludes halogenated alkanes) is 14. The molecule has 0 fully saturated rings. The number of carbonyl (C=O) groups excluding carboxylic acids is 1. The molecule has 0 heterocycles. The number of aliphatic hydroxyl groups is 2. The van der Waals surface area contributed by atoms with Crippen molar-refractivity contribution in [1.82, 2.24) is 5.32 Å². The van der Waals surface area contributed by atoms with E-state index in [4.69, 9.17) is 0 Å². The molecule has 0 aliphatic heterocycles. The van der Waals surface area contributed by atoms with Crippen LogP contribution in [0.4, 0.5) is 0 Å². The Morgan fingerprint density at radius 3 is 1.59 bits per heavy atom. The van der Waals surface area contributed by atoms with E-state index in [1.165, 1.54) is 64.2 Å². The van der Waals surface area contributed by atoms with Crippen molar-refractivity contribution in [2.24, 2.45) is 0 Å². The quantitative estimate of drug-likeness (QED) is 0.0539. The van der Waals surface area contributed by atoms with Crippen LogP contribution in [0.15, 0.2) is 72.9 Å². The minimum atomic E-state index is -0.879. The monoisotopic (exact) mass is 612 g/mol. The molecule has 2 unspecified atom stereocenters. The normalized spacial score (nSPS) is 14.0. The zero-order chi connectivity index (χ0) is 32.2. The highest BCUT2D eigenvalue weighted by Crippen LogP contribution is 2.10. The van der Waals surface area contributed by atoms with Gasteiger partial charge in [-0.1, -0.05) is 145 Å². The third-order valence-electron chi connectivity index (χ3n) is 7.65. The number of nitrogens with one attached hydrogen (secondary N) is 1. The second-order valence-corrected chi connectivity index (χ2v) is 11.9. The highest BCUT2D eigenvalue weighted by Gasteiger charge is 2.17. The Bertz CT molecular complexity index is 792. The molecule has 0 rings (SSSR count). The molecule has 0 saturated carbocycles. The van der Waals surface area contributed by atoms with Gasteiger partial charge in [-0.2, -0.15) is 0 Å². The van der Waals surface area contributed by atoms with Crippen molar-refractivity contribution in [3.63, 3.8) is 0 Å². The predicted octanol–water partition coefficient (Wildman–Crippen LogP) is 10.8. The summed E-state index contributed by atoms with van der Waals surface area (Å²) in [5.74, 6) is -0.0999. The van der Waals surface area contributed by atoms with Crippen molar-refractivity contribution in [1.29, 1.82) is 0 Å². The summed E-state index contributed by atoms with van der Waals surface area (Å²) in [5, 5.41) is 22.8. The summed E-state index contributed by atoms with van der Waals surface area (Å²) in [5.41, 5.74) is 0. The van der Waals surface area contributed by atoms with Gasteiger partial charge in [0.1, 0.15) is 0 Å². The van der Waals surface area contributed by atoms with Crippen LogP contribution in [0, 0.1) is 0 Å². The number of aliphatic hydroxyl groups excluding tert-OH is 2. The lowest BCUT2D eigenvalue weighted by molar-refractivity contribution is -0.123. The van der Waals surface area contributed by atoms with E-state index < -0.39 is 12.1 Å². The van der Waals surface area contributed by atoms with Crippen LogP contribution in [0.25, 0.3) is 0 Å². The average molecular weight is 612 g/mol. The van der Waals surface area contributed by atoms with E-state index >= 15 is 0 Å². The van der Waals surface area contributed by atoms with E-state index in [1.807, 2.05) is 6.08 Å². The van der Waals surface area contributed by atoms with E-state index in [1.54, 1.807) is 6.08 Å². The molecule has 2 atom stereocenters. The van der Waals surface area contributed by atoms with Crippen molar-refractivity contribution in [2.75, 3.05) is 6.61 Å². The summed E-state index contributed by atoms with van der Waals surface area (Å²) in [7, 11) is 0. The standard InChI is InChI=1S/C40H69NO3/c1-3-5-7-9-11-13-15-17-19-20-22-23-25-27-29-31-33-35-39(43)38(37-42)41-40(44)36-34-32-30-28-26-24-21-18-16-14-12-10-8-6-4-2/h6,8,12,14,18-21,25,27,33,35,38-39,42-43H,3-5,7,9-11,13,15-17,22-24,26,28-32,34,36-37H2,1-2H3,(H,41,44)/b8-6-,14-12-,20-19+,21-18-,27-25+,35-33+. The Labute approximate surface area is 272 Å². The minimum Gasteiger partial charge on any atom is -0.394 e. The molecule has 0 aromatic rings. The Balaban J connectivity index is 3.78. The summed E-state index contributed by atoms with van der Waals surface area (Å²) in [6, 6.07) is -0.656. The van der Waals surface area contributed by atoms with Crippen LogP contribution >= 0.6 is 0 Å². The zero-order valence-electron chi connectivity index (χ0n) is 28.6. The Hall–Kier alpha value is -2.17. The SMILES string of the molecule is CC/C=C\C/C=C\C/C=C\CCCCCCCC(=O)NC(CO)C(O)/C=C/CC/C=C/CC/C=C/CCCCCCCCC. The smallest absolute Gasteiger partial charge is 0.220 e. The number of carbonyl (C=O) groups is 1. The first-order chi connectivity index (χ1) is 21.7. The van der Waals surface area contributed by atoms with Crippen molar-refractivity contribution in [3.05, 3.63) is 72.9 Å². The molecule has 0 aromatic heterocycles. The highest BCUT2D eigenvalue weighted by molar-refractivity contribution is 5.76. The first-order valence-electron chi connectivity index (χ1n) is 18.2.